The minimum Gasteiger partial charge on any atom is -0.478 e. The van der Waals surface area contributed by atoms with Crippen LogP contribution >= 0.6 is 0 Å². The summed E-state index contributed by atoms with van der Waals surface area (Å²) in [6.45, 7) is 0. The zero-order valence-corrected chi connectivity index (χ0v) is 7.68. The third kappa shape index (κ3) is 0.985. The average molecular weight is 201 g/mol. The van der Waals surface area contributed by atoms with Crippen LogP contribution in [0.3, 0.4) is 0 Å². The molecule has 4 heteroatoms. The van der Waals surface area contributed by atoms with Gasteiger partial charge in [0.15, 0.2) is 5.75 Å². The molecule has 0 amide bonds. The van der Waals surface area contributed by atoms with Crippen LogP contribution in [0.2, 0.25) is 0 Å². The first-order valence-electron chi connectivity index (χ1n) is 4.47. The fourth-order valence-corrected chi connectivity index (χ4v) is 1.80. The third-order valence-electron chi connectivity index (χ3n) is 2.47. The van der Waals surface area contributed by atoms with Crippen LogP contribution < -0.4 is 4.74 Å². The van der Waals surface area contributed by atoms with Gasteiger partial charge in [0.05, 0.1) is 5.52 Å². The number of aromatic nitrogens is 1. The van der Waals surface area contributed by atoms with E-state index in [1.54, 1.807) is 18.3 Å². The summed E-state index contributed by atoms with van der Waals surface area (Å²) in [5, 5.41) is 9.97. The van der Waals surface area contributed by atoms with Crippen LogP contribution in [0.25, 0.3) is 17.1 Å². The Morgan fingerprint density at radius 1 is 1.33 bits per heavy atom. The molecule has 0 unspecified atom stereocenters. The van der Waals surface area contributed by atoms with Gasteiger partial charge < -0.3 is 14.4 Å². The lowest BCUT2D eigenvalue weighted by atomic mass is 10.1. The van der Waals surface area contributed by atoms with Gasteiger partial charge in [-0.3, -0.25) is 0 Å². The summed E-state index contributed by atoms with van der Waals surface area (Å²) in [6, 6.07) is 5.26. The molecule has 0 aliphatic carbocycles. The van der Waals surface area contributed by atoms with Crippen molar-refractivity contribution in [3.8, 4) is 5.75 Å². The molecule has 0 atom stereocenters. The normalized spacial score (nSPS) is 12.8. The van der Waals surface area contributed by atoms with Gasteiger partial charge in [-0.05, 0) is 12.1 Å². The monoisotopic (exact) mass is 201 g/mol. The lowest BCUT2D eigenvalue weighted by Gasteiger charge is -2.12. The highest BCUT2D eigenvalue weighted by Gasteiger charge is 2.18. The third-order valence-corrected chi connectivity index (χ3v) is 2.47. The summed E-state index contributed by atoms with van der Waals surface area (Å²) in [4.78, 5) is 11.0. The molecule has 3 rings (SSSR count). The van der Waals surface area contributed by atoms with Gasteiger partial charge in [-0.1, -0.05) is 6.07 Å². The predicted octanol–water partition coefficient (Wildman–Crippen LogP) is 2.16. The molecule has 0 radical (unpaired) electrons. The van der Waals surface area contributed by atoms with E-state index in [0.717, 1.165) is 10.9 Å². The maximum atomic E-state index is 11.0. The van der Waals surface area contributed by atoms with Crippen molar-refractivity contribution < 1.29 is 14.6 Å². The second-order valence-electron chi connectivity index (χ2n) is 3.31. The van der Waals surface area contributed by atoms with Crippen LogP contribution in [0.15, 0.2) is 30.7 Å². The van der Waals surface area contributed by atoms with Crippen molar-refractivity contribution in [2.75, 3.05) is 0 Å². The van der Waals surface area contributed by atoms with Crippen molar-refractivity contribution in [3.05, 3.63) is 36.2 Å². The lowest BCUT2D eigenvalue weighted by Crippen LogP contribution is -2.04. The fourth-order valence-electron chi connectivity index (χ4n) is 1.80. The zero-order valence-electron chi connectivity index (χ0n) is 7.68. The van der Waals surface area contributed by atoms with Gasteiger partial charge in [0, 0.05) is 17.8 Å². The highest BCUT2D eigenvalue weighted by Crippen LogP contribution is 2.33. The van der Waals surface area contributed by atoms with Crippen LogP contribution in [-0.2, 0) is 0 Å². The lowest BCUT2D eigenvalue weighted by molar-refractivity contribution is 0.0694. The van der Waals surface area contributed by atoms with Crippen LogP contribution in [0.4, 0.5) is 0 Å². The van der Waals surface area contributed by atoms with Gasteiger partial charge in [0.2, 0.25) is 0 Å². The van der Waals surface area contributed by atoms with Crippen molar-refractivity contribution in [2.45, 2.75) is 0 Å². The van der Waals surface area contributed by atoms with E-state index in [2.05, 4.69) is 0 Å². The summed E-state index contributed by atoms with van der Waals surface area (Å²) >= 11 is 0. The van der Waals surface area contributed by atoms with E-state index < -0.39 is 5.97 Å². The van der Waals surface area contributed by atoms with E-state index >= 15 is 0 Å². The molecule has 2 heterocycles. The van der Waals surface area contributed by atoms with Crippen LogP contribution in [0.5, 0.6) is 5.75 Å². The molecule has 0 bridgehead atoms. The number of hydrogen-bond donors (Lipinski definition) is 1. The largest absolute Gasteiger partial charge is 0.478 e. The van der Waals surface area contributed by atoms with Gasteiger partial charge in [0.25, 0.3) is 0 Å². The molecule has 1 aromatic carbocycles. The maximum absolute atomic E-state index is 11.0. The Morgan fingerprint density at radius 3 is 3.00 bits per heavy atom. The number of nitrogens with zero attached hydrogens (tertiary/aromatic N) is 1. The van der Waals surface area contributed by atoms with Gasteiger partial charge >= 0.3 is 5.97 Å². The van der Waals surface area contributed by atoms with E-state index in [9.17, 15) is 4.79 Å². The van der Waals surface area contributed by atoms with E-state index in [1.807, 2.05) is 16.8 Å². The van der Waals surface area contributed by atoms with Gasteiger partial charge in [-0.25, -0.2) is 4.79 Å². The molecule has 15 heavy (non-hydrogen) atoms. The predicted molar refractivity (Wildman–Crippen MR) is 54.9 cm³/mol. The van der Waals surface area contributed by atoms with E-state index in [-0.39, 0.29) is 5.56 Å². The molecule has 4 nitrogen and oxygen atoms in total. The molecule has 0 saturated heterocycles. The van der Waals surface area contributed by atoms with Crippen LogP contribution in [0.1, 0.15) is 10.4 Å². The first-order valence-corrected chi connectivity index (χ1v) is 4.47. The summed E-state index contributed by atoms with van der Waals surface area (Å²) < 4.78 is 7.11. The SMILES string of the molecule is O=C(O)c1ccc2ccn3c2c1OC=C3. The Morgan fingerprint density at radius 2 is 2.20 bits per heavy atom. The Kier molecular flexibility index (Phi) is 1.42. The minimum atomic E-state index is -0.977. The fraction of sp³-hybridized carbons (Fsp3) is 0. The van der Waals surface area contributed by atoms with E-state index in [4.69, 9.17) is 9.84 Å². The van der Waals surface area contributed by atoms with Crippen molar-refractivity contribution in [3.63, 3.8) is 0 Å². The number of carboxylic acid groups (broad SMARTS) is 1. The number of carboxylic acids is 1. The smallest absolute Gasteiger partial charge is 0.339 e. The first kappa shape index (κ1) is 8.11. The Labute approximate surface area is 85.0 Å². The molecule has 1 aliphatic heterocycles. The second-order valence-corrected chi connectivity index (χ2v) is 3.31. The number of hydrogen-bond acceptors (Lipinski definition) is 2. The van der Waals surface area contributed by atoms with Crippen LogP contribution in [-0.4, -0.2) is 15.6 Å². The summed E-state index contributed by atoms with van der Waals surface area (Å²) in [7, 11) is 0. The molecule has 1 N–H and O–H groups in total. The Bertz CT molecular complexity index is 595. The molecule has 2 aromatic rings. The molecule has 0 fully saturated rings. The highest BCUT2D eigenvalue weighted by atomic mass is 16.5. The molecular weight excluding hydrogens is 194 g/mol. The molecule has 0 saturated carbocycles. The van der Waals surface area contributed by atoms with Gasteiger partial charge in [-0.2, -0.15) is 0 Å². The van der Waals surface area contributed by atoms with Crippen molar-refractivity contribution in [1.82, 2.24) is 4.57 Å². The van der Waals surface area contributed by atoms with Crippen molar-refractivity contribution in [1.29, 1.82) is 0 Å². The molecule has 74 valence electrons. The number of aromatic carboxylic acids is 1. The Hall–Kier alpha value is -2.23. The van der Waals surface area contributed by atoms with Gasteiger partial charge in [-0.15, -0.1) is 0 Å². The van der Waals surface area contributed by atoms with E-state index in [0.29, 0.717) is 5.75 Å². The Balaban J connectivity index is 2.46. The topological polar surface area (TPSA) is 51.5 Å². The number of benzene rings is 1. The van der Waals surface area contributed by atoms with E-state index in [1.165, 1.54) is 6.26 Å². The molecule has 0 spiro atoms. The minimum absolute atomic E-state index is 0.187. The van der Waals surface area contributed by atoms with Crippen LogP contribution in [0, 0.1) is 0 Å². The number of carbonyl (C=O) groups is 1. The second kappa shape index (κ2) is 2.63. The molecular formula is C11H7NO3. The quantitative estimate of drug-likeness (QED) is 0.769. The molecule has 1 aliphatic rings. The highest BCUT2D eigenvalue weighted by molar-refractivity contribution is 6.00. The number of ether oxygens (including phenoxy) is 1. The first-order chi connectivity index (χ1) is 7.27. The maximum Gasteiger partial charge on any atom is 0.339 e. The van der Waals surface area contributed by atoms with Crippen molar-refractivity contribution >= 4 is 23.1 Å². The van der Waals surface area contributed by atoms with Crippen molar-refractivity contribution in [2.24, 2.45) is 0 Å². The molecule has 1 aromatic heterocycles. The zero-order chi connectivity index (χ0) is 10.4. The number of rotatable bonds is 1. The summed E-state index contributed by atoms with van der Waals surface area (Å²) in [5.41, 5.74) is 0.990. The standard InChI is InChI=1S/C11H7NO3/c13-11(14)8-2-1-7-3-4-12-5-6-15-10(8)9(7)12/h1-6H,(H,13,14). The average Bonchev–Trinajstić information content (AvgIpc) is 2.64. The summed E-state index contributed by atoms with van der Waals surface area (Å²) in [6.07, 6.45) is 5.11. The van der Waals surface area contributed by atoms with Gasteiger partial charge in [0.1, 0.15) is 11.8 Å². The summed E-state index contributed by atoms with van der Waals surface area (Å²) in [5.74, 6) is -0.567.